The summed E-state index contributed by atoms with van der Waals surface area (Å²) in [5.41, 5.74) is 1.55. The van der Waals surface area contributed by atoms with Crippen LogP contribution < -0.4 is 0 Å². The summed E-state index contributed by atoms with van der Waals surface area (Å²) in [6, 6.07) is 4.06. The first-order chi connectivity index (χ1) is 8.27. The van der Waals surface area contributed by atoms with Crippen molar-refractivity contribution in [3.63, 3.8) is 0 Å². The molecule has 2 aromatic heterocycles. The number of pyridine rings is 1. The van der Waals surface area contributed by atoms with E-state index >= 15 is 0 Å². The number of nitrogens with zero attached hydrogens (tertiary/aromatic N) is 4. The fourth-order valence-electron chi connectivity index (χ4n) is 1.80. The van der Waals surface area contributed by atoms with Crippen LogP contribution in [0.15, 0.2) is 24.7 Å². The van der Waals surface area contributed by atoms with Crippen LogP contribution >= 0.6 is 0 Å². The first-order valence-corrected chi connectivity index (χ1v) is 5.66. The van der Waals surface area contributed by atoms with Gasteiger partial charge in [-0.05, 0) is 25.0 Å². The maximum Gasteiger partial charge on any atom is 0.156 e. The Morgan fingerprint density at radius 1 is 1.35 bits per heavy atom. The zero-order chi connectivity index (χ0) is 12.3. The first-order valence-electron chi connectivity index (χ1n) is 5.66. The lowest BCUT2D eigenvalue weighted by Crippen LogP contribution is -2.05. The number of imidazole rings is 1. The maximum absolute atomic E-state index is 9.20. The largest absolute Gasteiger partial charge is 0.287 e. The van der Waals surface area contributed by atoms with Crippen molar-refractivity contribution < 1.29 is 0 Å². The molecule has 0 bridgehead atoms. The molecule has 0 spiro atoms. The van der Waals surface area contributed by atoms with Crippen LogP contribution in [0.2, 0.25) is 0 Å². The number of hydrogen-bond acceptors (Lipinski definition) is 3. The molecule has 0 saturated heterocycles. The van der Waals surface area contributed by atoms with Crippen molar-refractivity contribution in [1.82, 2.24) is 14.5 Å². The average molecular weight is 226 g/mol. The molecule has 4 nitrogen and oxygen atoms in total. The molecule has 0 aliphatic heterocycles. The third-order valence-corrected chi connectivity index (χ3v) is 2.67. The molecular formula is C13H14N4. The van der Waals surface area contributed by atoms with Crippen LogP contribution in [0.1, 0.15) is 30.3 Å². The Morgan fingerprint density at radius 3 is 2.88 bits per heavy atom. The molecule has 0 aliphatic carbocycles. The third-order valence-electron chi connectivity index (χ3n) is 2.67. The minimum Gasteiger partial charge on any atom is -0.287 e. The standard InChI is InChI=1S/C13H14N4/c1-3-4-12-15-7-8-17(12)13-11(9-14)10(2)5-6-16-13/h5-8H,3-4H2,1-2H3. The molecule has 0 fully saturated rings. The summed E-state index contributed by atoms with van der Waals surface area (Å²) in [6.45, 7) is 4.02. The van der Waals surface area contributed by atoms with Gasteiger partial charge in [0.1, 0.15) is 11.9 Å². The van der Waals surface area contributed by atoms with Crippen LogP contribution in [-0.4, -0.2) is 14.5 Å². The highest BCUT2D eigenvalue weighted by Gasteiger charge is 2.11. The summed E-state index contributed by atoms with van der Waals surface area (Å²) in [6.07, 6.45) is 7.23. The molecule has 0 radical (unpaired) electrons. The molecule has 17 heavy (non-hydrogen) atoms. The summed E-state index contributed by atoms with van der Waals surface area (Å²) < 4.78 is 1.90. The summed E-state index contributed by atoms with van der Waals surface area (Å²) in [4.78, 5) is 8.60. The topological polar surface area (TPSA) is 54.5 Å². The number of hydrogen-bond donors (Lipinski definition) is 0. The molecule has 0 saturated carbocycles. The minimum absolute atomic E-state index is 0.614. The van der Waals surface area contributed by atoms with Crippen molar-refractivity contribution in [2.75, 3.05) is 0 Å². The van der Waals surface area contributed by atoms with E-state index in [2.05, 4.69) is 23.0 Å². The molecule has 4 heteroatoms. The van der Waals surface area contributed by atoms with E-state index < -0.39 is 0 Å². The zero-order valence-corrected chi connectivity index (χ0v) is 10.0. The lowest BCUT2D eigenvalue weighted by molar-refractivity contribution is 0.796. The zero-order valence-electron chi connectivity index (χ0n) is 10.0. The van der Waals surface area contributed by atoms with E-state index in [9.17, 15) is 5.26 Å². The number of rotatable bonds is 3. The Balaban J connectivity index is 2.57. The van der Waals surface area contributed by atoms with Crippen LogP contribution in [0.4, 0.5) is 0 Å². The predicted molar refractivity (Wildman–Crippen MR) is 64.8 cm³/mol. The van der Waals surface area contributed by atoms with Crippen molar-refractivity contribution in [2.45, 2.75) is 26.7 Å². The van der Waals surface area contributed by atoms with Gasteiger partial charge in [-0.3, -0.25) is 4.57 Å². The third kappa shape index (κ3) is 2.04. The van der Waals surface area contributed by atoms with E-state index in [1.165, 1.54) is 0 Å². The van der Waals surface area contributed by atoms with Crippen LogP contribution in [-0.2, 0) is 6.42 Å². The molecule has 2 rings (SSSR count). The molecule has 86 valence electrons. The van der Waals surface area contributed by atoms with E-state index in [-0.39, 0.29) is 0 Å². The van der Waals surface area contributed by atoms with Gasteiger partial charge in [-0.1, -0.05) is 6.92 Å². The fourth-order valence-corrected chi connectivity index (χ4v) is 1.80. The molecular weight excluding hydrogens is 212 g/mol. The normalized spacial score (nSPS) is 10.2. The van der Waals surface area contributed by atoms with Gasteiger partial charge in [0.05, 0.1) is 5.56 Å². The van der Waals surface area contributed by atoms with Gasteiger partial charge in [-0.2, -0.15) is 5.26 Å². The molecule has 0 atom stereocenters. The van der Waals surface area contributed by atoms with Gasteiger partial charge in [0.25, 0.3) is 0 Å². The number of nitriles is 1. The summed E-state index contributed by atoms with van der Waals surface area (Å²) in [5, 5.41) is 9.20. The van der Waals surface area contributed by atoms with E-state index in [0.717, 1.165) is 24.2 Å². The smallest absolute Gasteiger partial charge is 0.156 e. The Bertz CT molecular complexity index is 563. The second-order valence-electron chi connectivity index (χ2n) is 3.90. The summed E-state index contributed by atoms with van der Waals surface area (Å²) >= 11 is 0. The van der Waals surface area contributed by atoms with Crippen LogP contribution in [0.5, 0.6) is 0 Å². The molecule has 0 aromatic carbocycles. The van der Waals surface area contributed by atoms with Gasteiger partial charge in [0.2, 0.25) is 0 Å². The average Bonchev–Trinajstić information content (AvgIpc) is 2.77. The quantitative estimate of drug-likeness (QED) is 0.807. The van der Waals surface area contributed by atoms with Crippen molar-refractivity contribution in [3.05, 3.63) is 41.6 Å². The second kappa shape index (κ2) is 4.79. The van der Waals surface area contributed by atoms with Crippen LogP contribution in [0.3, 0.4) is 0 Å². The molecule has 2 aromatic rings. The van der Waals surface area contributed by atoms with E-state index in [0.29, 0.717) is 11.4 Å². The number of aryl methyl sites for hydroxylation is 2. The lowest BCUT2D eigenvalue weighted by atomic mass is 10.1. The van der Waals surface area contributed by atoms with Gasteiger partial charge in [-0.25, -0.2) is 9.97 Å². The maximum atomic E-state index is 9.20. The summed E-state index contributed by atoms with van der Waals surface area (Å²) in [7, 11) is 0. The molecule has 0 unspecified atom stereocenters. The van der Waals surface area contributed by atoms with Gasteiger partial charge in [0, 0.05) is 25.0 Å². The Labute approximate surface area is 101 Å². The highest BCUT2D eigenvalue weighted by atomic mass is 15.1. The minimum atomic E-state index is 0.614. The Hall–Kier alpha value is -2.15. The van der Waals surface area contributed by atoms with Crippen LogP contribution in [0.25, 0.3) is 5.82 Å². The van der Waals surface area contributed by atoms with Gasteiger partial charge < -0.3 is 0 Å². The van der Waals surface area contributed by atoms with Gasteiger partial charge >= 0.3 is 0 Å². The Kier molecular flexibility index (Phi) is 3.20. The van der Waals surface area contributed by atoms with Crippen molar-refractivity contribution in [2.24, 2.45) is 0 Å². The second-order valence-corrected chi connectivity index (χ2v) is 3.90. The SMILES string of the molecule is CCCc1nccn1-c1nccc(C)c1C#N. The lowest BCUT2D eigenvalue weighted by Gasteiger charge is -2.09. The highest BCUT2D eigenvalue weighted by Crippen LogP contribution is 2.17. The monoisotopic (exact) mass is 226 g/mol. The Morgan fingerprint density at radius 2 is 2.18 bits per heavy atom. The predicted octanol–water partition coefficient (Wildman–Crippen LogP) is 2.40. The summed E-state index contributed by atoms with van der Waals surface area (Å²) in [5.74, 6) is 1.62. The molecule has 0 amide bonds. The van der Waals surface area contributed by atoms with Crippen molar-refractivity contribution in [3.8, 4) is 11.9 Å². The van der Waals surface area contributed by atoms with Crippen LogP contribution in [0, 0.1) is 18.3 Å². The molecule has 0 N–H and O–H groups in total. The first kappa shape index (κ1) is 11.3. The molecule has 0 aliphatic rings. The highest BCUT2D eigenvalue weighted by molar-refractivity contribution is 5.48. The van der Waals surface area contributed by atoms with Crippen molar-refractivity contribution in [1.29, 1.82) is 5.26 Å². The van der Waals surface area contributed by atoms with Gasteiger partial charge in [-0.15, -0.1) is 0 Å². The van der Waals surface area contributed by atoms with E-state index in [1.54, 1.807) is 12.4 Å². The van der Waals surface area contributed by atoms with E-state index in [4.69, 9.17) is 0 Å². The number of aromatic nitrogens is 3. The van der Waals surface area contributed by atoms with Gasteiger partial charge in [0.15, 0.2) is 5.82 Å². The molecule has 2 heterocycles. The van der Waals surface area contributed by atoms with E-state index in [1.807, 2.05) is 23.8 Å². The fraction of sp³-hybridized carbons (Fsp3) is 0.308. The van der Waals surface area contributed by atoms with Crippen molar-refractivity contribution >= 4 is 0 Å².